The Morgan fingerprint density at radius 2 is 1.80 bits per heavy atom. The molecule has 1 aromatic heterocycles. The van der Waals surface area contributed by atoms with Crippen LogP contribution in [0.5, 0.6) is 5.75 Å². The zero-order chi connectivity index (χ0) is 19.4. The Hall–Kier alpha value is -2.31. The fraction of sp³-hybridized carbons (Fsp3) is 0.250. The fourth-order valence-corrected chi connectivity index (χ4v) is 1.94. The van der Waals surface area contributed by atoms with E-state index in [0.717, 1.165) is 11.0 Å². The SMILES string of the molecule is COc1ccc(-n2ncnc2C(F)(F)F)cc1Br.NC(=O)C(F)(F)F. The number of carbonyl (C=O) groups is 1. The van der Waals surface area contributed by atoms with E-state index < -0.39 is 24.1 Å². The van der Waals surface area contributed by atoms with Gasteiger partial charge in [0.1, 0.15) is 12.1 Å². The minimum Gasteiger partial charge on any atom is -0.496 e. The smallest absolute Gasteiger partial charge is 0.470 e. The van der Waals surface area contributed by atoms with Gasteiger partial charge >= 0.3 is 18.3 Å². The van der Waals surface area contributed by atoms with Crippen molar-refractivity contribution < 1.29 is 35.9 Å². The molecule has 13 heteroatoms. The van der Waals surface area contributed by atoms with Crippen LogP contribution in [-0.2, 0) is 11.0 Å². The molecule has 0 saturated heterocycles. The van der Waals surface area contributed by atoms with Crippen LogP contribution in [-0.4, -0.2) is 34.0 Å². The molecule has 2 aromatic rings. The van der Waals surface area contributed by atoms with Gasteiger partial charge in [0.05, 0.1) is 17.3 Å². The molecule has 1 amide bonds. The van der Waals surface area contributed by atoms with Crippen LogP contribution < -0.4 is 10.5 Å². The summed E-state index contributed by atoms with van der Waals surface area (Å²) in [6.07, 6.45) is -8.55. The third-order valence-corrected chi connectivity index (χ3v) is 3.08. The summed E-state index contributed by atoms with van der Waals surface area (Å²) in [4.78, 5) is 12.3. The molecule has 0 unspecified atom stereocenters. The largest absolute Gasteiger partial charge is 0.496 e. The number of hydrogen-bond acceptors (Lipinski definition) is 4. The molecule has 1 heterocycles. The Balaban J connectivity index is 0.000000381. The Morgan fingerprint density at radius 3 is 2.20 bits per heavy atom. The predicted molar refractivity (Wildman–Crippen MR) is 75.9 cm³/mol. The molecule has 0 atom stereocenters. The minimum absolute atomic E-state index is 0.243. The number of rotatable bonds is 2. The number of alkyl halides is 6. The molecule has 25 heavy (non-hydrogen) atoms. The zero-order valence-electron chi connectivity index (χ0n) is 12.2. The van der Waals surface area contributed by atoms with E-state index in [-0.39, 0.29) is 5.69 Å². The van der Waals surface area contributed by atoms with Gasteiger partial charge in [0, 0.05) is 0 Å². The van der Waals surface area contributed by atoms with E-state index in [1.807, 2.05) is 0 Å². The molecule has 6 nitrogen and oxygen atoms in total. The topological polar surface area (TPSA) is 83.0 Å². The van der Waals surface area contributed by atoms with Gasteiger partial charge in [-0.2, -0.15) is 31.4 Å². The lowest BCUT2D eigenvalue weighted by atomic mass is 10.3. The van der Waals surface area contributed by atoms with Crippen LogP contribution in [0.25, 0.3) is 5.69 Å². The lowest BCUT2D eigenvalue weighted by Gasteiger charge is -2.10. The van der Waals surface area contributed by atoms with Crippen molar-refractivity contribution in [1.29, 1.82) is 0 Å². The van der Waals surface area contributed by atoms with Gasteiger partial charge in [-0.1, -0.05) is 0 Å². The number of nitrogens with two attached hydrogens (primary N) is 1. The zero-order valence-corrected chi connectivity index (χ0v) is 13.8. The summed E-state index contributed by atoms with van der Waals surface area (Å²) in [5, 5.41) is 3.57. The first-order valence-electron chi connectivity index (χ1n) is 6.05. The maximum atomic E-state index is 12.7. The van der Waals surface area contributed by atoms with Crippen LogP contribution in [0.4, 0.5) is 26.3 Å². The number of ether oxygens (including phenoxy) is 1. The van der Waals surface area contributed by atoms with E-state index in [1.54, 1.807) is 6.07 Å². The number of halogens is 7. The lowest BCUT2D eigenvalue weighted by molar-refractivity contribution is -0.169. The molecule has 2 N–H and O–H groups in total. The van der Waals surface area contributed by atoms with Crippen molar-refractivity contribution in [2.75, 3.05) is 7.11 Å². The Morgan fingerprint density at radius 1 is 1.24 bits per heavy atom. The quantitative estimate of drug-likeness (QED) is 0.736. The maximum Gasteiger partial charge on any atom is 0.470 e. The number of methoxy groups -OCH3 is 1. The highest BCUT2D eigenvalue weighted by Crippen LogP contribution is 2.31. The van der Waals surface area contributed by atoms with Crippen LogP contribution >= 0.6 is 15.9 Å². The summed E-state index contributed by atoms with van der Waals surface area (Å²) in [6, 6.07) is 4.48. The van der Waals surface area contributed by atoms with Gasteiger partial charge in [0.2, 0.25) is 5.82 Å². The Kier molecular flexibility index (Phi) is 6.40. The first-order chi connectivity index (χ1) is 11.4. The van der Waals surface area contributed by atoms with E-state index in [2.05, 4.69) is 31.7 Å². The molecular weight excluding hydrogens is 426 g/mol. The Labute approximate surface area is 144 Å². The number of benzene rings is 1. The van der Waals surface area contributed by atoms with Gasteiger partial charge in [-0.3, -0.25) is 4.79 Å². The molecule has 0 aliphatic heterocycles. The van der Waals surface area contributed by atoms with Crippen LogP contribution in [0, 0.1) is 0 Å². The van der Waals surface area contributed by atoms with Crippen molar-refractivity contribution in [3.63, 3.8) is 0 Å². The van der Waals surface area contributed by atoms with Gasteiger partial charge in [-0.05, 0) is 34.1 Å². The van der Waals surface area contributed by atoms with E-state index in [9.17, 15) is 26.3 Å². The van der Waals surface area contributed by atoms with Crippen molar-refractivity contribution in [2.24, 2.45) is 5.73 Å². The molecule has 1 aromatic carbocycles. The van der Waals surface area contributed by atoms with Crippen LogP contribution in [0.2, 0.25) is 0 Å². The van der Waals surface area contributed by atoms with Crippen molar-refractivity contribution in [2.45, 2.75) is 12.4 Å². The van der Waals surface area contributed by atoms with E-state index in [1.165, 1.54) is 19.2 Å². The first-order valence-corrected chi connectivity index (χ1v) is 6.85. The molecule has 0 aliphatic carbocycles. The lowest BCUT2D eigenvalue weighted by Crippen LogP contribution is -2.30. The third-order valence-electron chi connectivity index (χ3n) is 2.46. The summed E-state index contributed by atoms with van der Waals surface area (Å²) in [5.41, 5.74) is 4.05. The highest BCUT2D eigenvalue weighted by molar-refractivity contribution is 9.10. The number of carbonyl (C=O) groups excluding carboxylic acids is 1. The molecule has 138 valence electrons. The van der Waals surface area contributed by atoms with E-state index in [0.29, 0.717) is 10.2 Å². The van der Waals surface area contributed by atoms with Crippen LogP contribution in [0.15, 0.2) is 29.0 Å². The normalized spacial score (nSPS) is 11.5. The van der Waals surface area contributed by atoms with Crippen molar-refractivity contribution in [3.8, 4) is 11.4 Å². The molecule has 0 fully saturated rings. The number of hydrogen-bond donors (Lipinski definition) is 1. The fourth-order valence-electron chi connectivity index (χ4n) is 1.41. The van der Waals surface area contributed by atoms with Crippen LogP contribution in [0.1, 0.15) is 5.82 Å². The summed E-state index contributed by atoms with van der Waals surface area (Å²) in [6.45, 7) is 0. The number of primary amides is 1. The second-order valence-electron chi connectivity index (χ2n) is 4.17. The summed E-state index contributed by atoms with van der Waals surface area (Å²) < 4.78 is 76.3. The Bertz CT molecular complexity index is 744. The van der Waals surface area contributed by atoms with E-state index >= 15 is 0 Å². The first kappa shape index (κ1) is 20.7. The van der Waals surface area contributed by atoms with Crippen molar-refractivity contribution in [3.05, 3.63) is 34.8 Å². The minimum atomic E-state index is -4.86. The average molecular weight is 435 g/mol. The number of amides is 1. The maximum absolute atomic E-state index is 12.7. The molecule has 0 spiro atoms. The summed E-state index contributed by atoms with van der Waals surface area (Å²) in [5.74, 6) is -2.81. The molecule has 0 aliphatic rings. The summed E-state index contributed by atoms with van der Waals surface area (Å²) in [7, 11) is 1.47. The standard InChI is InChI=1S/C10H7BrF3N3O.C2H2F3NO/c1-18-8-3-2-6(4-7(8)11)17-9(10(12,13)14)15-5-16-17;3-2(4,5)1(6)7/h2-5H,1H3;(H2,6,7). The molecular formula is C12H9BrF6N4O2. The van der Waals surface area contributed by atoms with Gasteiger partial charge in [-0.25, -0.2) is 9.67 Å². The molecule has 0 radical (unpaired) electrons. The van der Waals surface area contributed by atoms with Gasteiger partial charge in [0.25, 0.3) is 0 Å². The molecule has 0 saturated carbocycles. The van der Waals surface area contributed by atoms with Crippen molar-refractivity contribution >= 4 is 21.8 Å². The van der Waals surface area contributed by atoms with E-state index in [4.69, 9.17) is 9.53 Å². The predicted octanol–water partition coefficient (Wildman–Crippen LogP) is 3.09. The summed E-state index contributed by atoms with van der Waals surface area (Å²) >= 11 is 3.20. The van der Waals surface area contributed by atoms with Crippen molar-refractivity contribution in [1.82, 2.24) is 14.8 Å². The van der Waals surface area contributed by atoms with Crippen LogP contribution in [0.3, 0.4) is 0 Å². The second kappa shape index (κ2) is 7.72. The number of aromatic nitrogens is 3. The molecule has 2 rings (SSSR count). The number of nitrogens with zero attached hydrogens (tertiary/aromatic N) is 3. The van der Waals surface area contributed by atoms with Gasteiger partial charge < -0.3 is 10.5 Å². The average Bonchev–Trinajstić information content (AvgIpc) is 2.96. The third kappa shape index (κ3) is 5.62. The van der Waals surface area contributed by atoms with Gasteiger partial charge in [-0.15, -0.1) is 0 Å². The molecule has 0 bridgehead atoms. The monoisotopic (exact) mass is 434 g/mol. The second-order valence-corrected chi connectivity index (χ2v) is 5.03. The van der Waals surface area contributed by atoms with Gasteiger partial charge in [0.15, 0.2) is 0 Å². The highest BCUT2D eigenvalue weighted by Gasteiger charge is 2.37. The highest BCUT2D eigenvalue weighted by atomic mass is 79.9.